The molecular weight excluding hydrogens is 374 g/mol. The minimum atomic E-state index is -0.210. The van der Waals surface area contributed by atoms with E-state index in [1.54, 1.807) is 18.6 Å². The fourth-order valence-electron chi connectivity index (χ4n) is 3.26. The Kier molecular flexibility index (Phi) is 5.59. The summed E-state index contributed by atoms with van der Waals surface area (Å²) in [7, 11) is 0. The molecule has 1 N–H and O–H groups in total. The van der Waals surface area contributed by atoms with E-state index in [9.17, 15) is 9.59 Å². The van der Waals surface area contributed by atoms with Crippen molar-refractivity contribution in [2.45, 2.75) is 19.3 Å². The number of hydrogen-bond donors (Lipinski definition) is 1. The highest BCUT2D eigenvalue weighted by atomic mass is 16.5. The van der Waals surface area contributed by atoms with Gasteiger partial charge in [-0.2, -0.15) is 4.98 Å². The second kappa shape index (κ2) is 8.63. The summed E-state index contributed by atoms with van der Waals surface area (Å²) in [6.07, 6.45) is 8.02. The van der Waals surface area contributed by atoms with E-state index in [0.717, 1.165) is 5.56 Å². The summed E-state index contributed by atoms with van der Waals surface area (Å²) in [4.78, 5) is 43.1. The summed E-state index contributed by atoms with van der Waals surface area (Å²) < 4.78 is 5.27. The Morgan fingerprint density at radius 1 is 1.14 bits per heavy atom. The van der Waals surface area contributed by atoms with E-state index >= 15 is 0 Å². The molecule has 0 radical (unpaired) electrons. The van der Waals surface area contributed by atoms with E-state index in [1.807, 2.05) is 21.9 Å². The van der Waals surface area contributed by atoms with Gasteiger partial charge in [-0.05, 0) is 18.6 Å². The molecule has 1 amide bonds. The lowest BCUT2D eigenvalue weighted by molar-refractivity contribution is -0.131. The molecule has 1 aliphatic heterocycles. The molecule has 0 atom stereocenters. The topological polar surface area (TPSA) is 121 Å². The van der Waals surface area contributed by atoms with Crippen LogP contribution in [0.3, 0.4) is 0 Å². The number of carbonyl (C=O) groups is 1. The molecule has 1 saturated heterocycles. The van der Waals surface area contributed by atoms with Crippen LogP contribution < -0.4 is 10.5 Å². The number of H-pyrrole nitrogens is 1. The Morgan fingerprint density at radius 3 is 2.69 bits per heavy atom. The summed E-state index contributed by atoms with van der Waals surface area (Å²) in [6, 6.07) is 3.63. The van der Waals surface area contributed by atoms with Crippen molar-refractivity contribution in [3.05, 3.63) is 53.2 Å². The Labute approximate surface area is 166 Å². The second-order valence-electron chi connectivity index (χ2n) is 6.71. The molecular formula is C19H21N7O3. The van der Waals surface area contributed by atoms with E-state index in [2.05, 4.69) is 25.1 Å². The third-order valence-corrected chi connectivity index (χ3v) is 4.81. The summed E-state index contributed by atoms with van der Waals surface area (Å²) >= 11 is 0. The average molecular weight is 395 g/mol. The zero-order valence-electron chi connectivity index (χ0n) is 15.8. The van der Waals surface area contributed by atoms with Crippen LogP contribution in [0.4, 0.5) is 5.82 Å². The van der Waals surface area contributed by atoms with Gasteiger partial charge in [0.05, 0.1) is 0 Å². The third kappa shape index (κ3) is 4.48. The van der Waals surface area contributed by atoms with Crippen molar-refractivity contribution in [1.29, 1.82) is 0 Å². The highest BCUT2D eigenvalue weighted by Crippen LogP contribution is 2.15. The molecule has 29 heavy (non-hydrogen) atoms. The number of hydrogen-bond acceptors (Lipinski definition) is 8. The van der Waals surface area contributed by atoms with E-state index < -0.39 is 0 Å². The molecule has 0 aliphatic carbocycles. The van der Waals surface area contributed by atoms with Crippen molar-refractivity contribution < 1.29 is 9.32 Å². The molecule has 1 fully saturated rings. The van der Waals surface area contributed by atoms with Gasteiger partial charge in [0.25, 0.3) is 5.56 Å². The molecule has 0 spiro atoms. The van der Waals surface area contributed by atoms with Gasteiger partial charge in [-0.3, -0.25) is 14.6 Å². The largest absolute Gasteiger partial charge is 0.348 e. The number of nitrogens with zero attached hydrogens (tertiary/aromatic N) is 6. The smallest absolute Gasteiger partial charge is 0.290 e. The molecule has 150 valence electrons. The van der Waals surface area contributed by atoms with Gasteiger partial charge >= 0.3 is 0 Å². The normalized spacial score (nSPS) is 14.2. The number of aryl methyl sites for hydroxylation is 1. The van der Waals surface area contributed by atoms with Crippen molar-refractivity contribution in [1.82, 2.24) is 30.0 Å². The first-order valence-corrected chi connectivity index (χ1v) is 9.50. The summed E-state index contributed by atoms with van der Waals surface area (Å²) in [5.41, 5.74) is 0.633. The minimum absolute atomic E-state index is 0.0912. The van der Waals surface area contributed by atoms with Gasteiger partial charge < -0.3 is 19.3 Å². The van der Waals surface area contributed by atoms with Gasteiger partial charge in [0.1, 0.15) is 0 Å². The van der Waals surface area contributed by atoms with E-state index in [4.69, 9.17) is 4.52 Å². The second-order valence-corrected chi connectivity index (χ2v) is 6.71. The Bertz CT molecular complexity index is 1010. The van der Waals surface area contributed by atoms with Crippen LogP contribution in [0.1, 0.15) is 18.7 Å². The lowest BCUT2D eigenvalue weighted by atomic mass is 10.2. The third-order valence-electron chi connectivity index (χ3n) is 4.81. The summed E-state index contributed by atoms with van der Waals surface area (Å²) in [6.45, 7) is 2.32. The number of rotatable bonds is 6. The van der Waals surface area contributed by atoms with Crippen LogP contribution in [0, 0.1) is 0 Å². The van der Waals surface area contributed by atoms with Crippen molar-refractivity contribution in [2.24, 2.45) is 0 Å². The zero-order valence-corrected chi connectivity index (χ0v) is 15.8. The molecule has 3 aromatic rings. The van der Waals surface area contributed by atoms with Crippen molar-refractivity contribution >= 4 is 11.7 Å². The monoisotopic (exact) mass is 395 g/mol. The SMILES string of the molecule is O=C(CCCc1nc(-c2ccncc2)no1)N1CCN(c2ncc[nH]c2=O)CC1. The quantitative estimate of drug-likeness (QED) is 0.653. The van der Waals surface area contributed by atoms with Crippen LogP contribution >= 0.6 is 0 Å². The zero-order chi connectivity index (χ0) is 20.1. The molecule has 4 rings (SSSR count). The first-order valence-electron chi connectivity index (χ1n) is 9.50. The van der Waals surface area contributed by atoms with Crippen LogP contribution in [-0.2, 0) is 11.2 Å². The summed E-state index contributed by atoms with van der Waals surface area (Å²) in [5, 5.41) is 3.97. The van der Waals surface area contributed by atoms with Crippen LogP contribution in [0.5, 0.6) is 0 Å². The number of nitrogens with one attached hydrogen (secondary N) is 1. The maximum absolute atomic E-state index is 12.5. The summed E-state index contributed by atoms with van der Waals surface area (Å²) in [5.74, 6) is 1.53. The number of amides is 1. The van der Waals surface area contributed by atoms with E-state index in [-0.39, 0.29) is 11.5 Å². The van der Waals surface area contributed by atoms with Crippen molar-refractivity contribution in [3.8, 4) is 11.4 Å². The van der Waals surface area contributed by atoms with Gasteiger partial charge in [-0.15, -0.1) is 0 Å². The molecule has 0 unspecified atom stereocenters. The van der Waals surface area contributed by atoms with Crippen LogP contribution in [0.2, 0.25) is 0 Å². The van der Waals surface area contributed by atoms with E-state index in [0.29, 0.717) is 63.0 Å². The average Bonchev–Trinajstić information content (AvgIpc) is 3.24. The first-order chi connectivity index (χ1) is 14.2. The first kappa shape index (κ1) is 18.8. The number of aromatic amines is 1. The molecule has 0 bridgehead atoms. The highest BCUT2D eigenvalue weighted by Gasteiger charge is 2.23. The lowest BCUT2D eigenvalue weighted by Gasteiger charge is -2.34. The van der Waals surface area contributed by atoms with Crippen LogP contribution in [0.15, 0.2) is 46.2 Å². The van der Waals surface area contributed by atoms with Crippen LogP contribution in [0.25, 0.3) is 11.4 Å². The lowest BCUT2D eigenvalue weighted by Crippen LogP contribution is -2.50. The molecule has 3 aromatic heterocycles. The maximum Gasteiger partial charge on any atom is 0.290 e. The van der Waals surface area contributed by atoms with Gasteiger partial charge in [0.2, 0.25) is 17.6 Å². The predicted octanol–water partition coefficient (Wildman–Crippen LogP) is 0.886. The number of piperazine rings is 1. The van der Waals surface area contributed by atoms with Crippen LogP contribution in [-0.4, -0.2) is 62.1 Å². The van der Waals surface area contributed by atoms with Gasteiger partial charge in [0.15, 0.2) is 5.82 Å². The minimum Gasteiger partial charge on any atom is -0.348 e. The highest BCUT2D eigenvalue weighted by molar-refractivity contribution is 5.76. The molecule has 0 aromatic carbocycles. The number of pyridine rings is 1. The Balaban J connectivity index is 1.23. The Morgan fingerprint density at radius 2 is 1.93 bits per heavy atom. The Hall–Kier alpha value is -3.56. The fraction of sp³-hybridized carbons (Fsp3) is 0.368. The van der Waals surface area contributed by atoms with Gasteiger partial charge in [-0.1, -0.05) is 5.16 Å². The standard InChI is InChI=1S/C19H21N7O3/c27-16(25-10-12-26(13-11-25)18-19(28)22-9-8-21-18)3-1-2-15-23-17(24-29-15)14-4-6-20-7-5-14/h4-9H,1-3,10-13H2,(H,22,28). The maximum atomic E-state index is 12.5. The molecule has 10 nitrogen and oxygen atoms in total. The molecule has 1 aliphatic rings. The van der Waals surface area contributed by atoms with Crippen molar-refractivity contribution in [3.63, 3.8) is 0 Å². The van der Waals surface area contributed by atoms with E-state index in [1.165, 1.54) is 6.20 Å². The van der Waals surface area contributed by atoms with Crippen molar-refractivity contribution in [2.75, 3.05) is 31.1 Å². The predicted molar refractivity (Wildman–Crippen MR) is 104 cm³/mol. The molecule has 0 saturated carbocycles. The van der Waals surface area contributed by atoms with Gasteiger partial charge in [0, 0.05) is 69.4 Å². The number of anilines is 1. The number of carbonyl (C=O) groups excluding carboxylic acids is 1. The molecule has 10 heteroatoms. The number of aromatic nitrogens is 5. The van der Waals surface area contributed by atoms with Gasteiger partial charge in [-0.25, -0.2) is 4.98 Å². The molecule has 4 heterocycles. The fourth-order valence-corrected chi connectivity index (χ4v) is 3.26.